The summed E-state index contributed by atoms with van der Waals surface area (Å²) >= 11 is 1.73. The van der Waals surface area contributed by atoms with E-state index >= 15 is 0 Å². The molecule has 0 heterocycles. The highest BCUT2D eigenvalue weighted by Crippen LogP contribution is 2.15. The summed E-state index contributed by atoms with van der Waals surface area (Å²) in [5.41, 5.74) is -1.15. The molecule has 0 bridgehead atoms. The summed E-state index contributed by atoms with van der Waals surface area (Å²) in [6, 6.07) is -0.317. The standard InChI is InChI=1S/C12H24N2O3S/c1-5-12(6-2,10(15)16)13-11(17)14(3)8-7-9-18-4/h5-9H2,1-4H3,(H,13,17)(H,15,16). The lowest BCUT2D eigenvalue weighted by Gasteiger charge is -2.30. The predicted octanol–water partition coefficient (Wildman–Crippen LogP) is 2.02. The van der Waals surface area contributed by atoms with E-state index in [9.17, 15) is 14.7 Å². The van der Waals surface area contributed by atoms with E-state index in [0.717, 1.165) is 12.2 Å². The van der Waals surface area contributed by atoms with Crippen molar-refractivity contribution in [2.45, 2.75) is 38.6 Å². The van der Waals surface area contributed by atoms with Crippen LogP contribution in [0.25, 0.3) is 0 Å². The van der Waals surface area contributed by atoms with E-state index < -0.39 is 11.5 Å². The minimum absolute atomic E-state index is 0.317. The van der Waals surface area contributed by atoms with E-state index in [1.165, 1.54) is 0 Å². The molecule has 2 amide bonds. The zero-order chi connectivity index (χ0) is 14.2. The number of carbonyl (C=O) groups excluding carboxylic acids is 1. The molecule has 0 rings (SSSR count). The van der Waals surface area contributed by atoms with Crippen LogP contribution in [0.5, 0.6) is 0 Å². The second kappa shape index (κ2) is 8.24. The van der Waals surface area contributed by atoms with Crippen molar-refractivity contribution in [3.63, 3.8) is 0 Å². The molecule has 18 heavy (non-hydrogen) atoms. The maximum atomic E-state index is 11.9. The molecule has 0 aliphatic carbocycles. The second-order valence-corrected chi connectivity index (χ2v) is 5.28. The fourth-order valence-corrected chi connectivity index (χ4v) is 2.05. The van der Waals surface area contributed by atoms with Gasteiger partial charge in [-0.3, -0.25) is 0 Å². The number of hydrogen-bond donors (Lipinski definition) is 2. The molecule has 0 aliphatic heterocycles. The number of carboxylic acid groups (broad SMARTS) is 1. The highest BCUT2D eigenvalue weighted by Gasteiger charge is 2.37. The van der Waals surface area contributed by atoms with Crippen LogP contribution in [-0.2, 0) is 4.79 Å². The van der Waals surface area contributed by atoms with Gasteiger partial charge in [0, 0.05) is 13.6 Å². The van der Waals surface area contributed by atoms with Crippen molar-refractivity contribution in [2.75, 3.05) is 25.6 Å². The lowest BCUT2D eigenvalue weighted by Crippen LogP contribution is -2.56. The molecule has 0 aromatic carbocycles. The summed E-state index contributed by atoms with van der Waals surface area (Å²) in [4.78, 5) is 24.7. The molecular formula is C12H24N2O3S. The number of thioether (sulfide) groups is 1. The maximum Gasteiger partial charge on any atom is 0.329 e. The average molecular weight is 276 g/mol. The Morgan fingerprint density at radius 1 is 1.33 bits per heavy atom. The molecule has 0 unspecified atom stereocenters. The Hall–Kier alpha value is -0.910. The molecule has 0 aromatic heterocycles. The van der Waals surface area contributed by atoms with Gasteiger partial charge in [0.25, 0.3) is 0 Å². The van der Waals surface area contributed by atoms with Gasteiger partial charge in [-0.1, -0.05) is 13.8 Å². The largest absolute Gasteiger partial charge is 0.480 e. The fourth-order valence-electron chi connectivity index (χ4n) is 1.63. The quantitative estimate of drug-likeness (QED) is 0.665. The lowest BCUT2D eigenvalue weighted by atomic mass is 9.93. The van der Waals surface area contributed by atoms with Crippen molar-refractivity contribution < 1.29 is 14.7 Å². The van der Waals surface area contributed by atoms with Crippen molar-refractivity contribution in [3.05, 3.63) is 0 Å². The summed E-state index contributed by atoms with van der Waals surface area (Å²) in [6.07, 6.45) is 3.68. The maximum absolute atomic E-state index is 11.9. The van der Waals surface area contributed by atoms with Gasteiger partial charge in [-0.25, -0.2) is 9.59 Å². The van der Waals surface area contributed by atoms with Gasteiger partial charge in [-0.05, 0) is 31.3 Å². The third-order valence-corrected chi connectivity index (χ3v) is 3.85. The first-order valence-corrected chi connectivity index (χ1v) is 7.58. The third-order valence-electron chi connectivity index (χ3n) is 3.15. The third kappa shape index (κ3) is 4.76. The molecule has 0 aliphatic rings. The van der Waals surface area contributed by atoms with Crippen molar-refractivity contribution in [2.24, 2.45) is 0 Å². The van der Waals surface area contributed by atoms with Gasteiger partial charge in [-0.15, -0.1) is 0 Å². The summed E-state index contributed by atoms with van der Waals surface area (Å²) in [6.45, 7) is 4.17. The summed E-state index contributed by atoms with van der Waals surface area (Å²) in [5.74, 6) is 0.0156. The van der Waals surface area contributed by atoms with Crippen LogP contribution < -0.4 is 5.32 Å². The van der Waals surface area contributed by atoms with E-state index in [1.54, 1.807) is 37.6 Å². The minimum Gasteiger partial charge on any atom is -0.480 e. The summed E-state index contributed by atoms with van der Waals surface area (Å²) in [7, 11) is 1.69. The van der Waals surface area contributed by atoms with Gasteiger partial charge in [-0.2, -0.15) is 11.8 Å². The molecule has 0 spiro atoms. The molecule has 106 valence electrons. The van der Waals surface area contributed by atoms with E-state index in [4.69, 9.17) is 0 Å². The number of rotatable bonds is 8. The first-order chi connectivity index (χ1) is 8.43. The first-order valence-electron chi connectivity index (χ1n) is 6.19. The smallest absolute Gasteiger partial charge is 0.329 e. The molecule has 0 fully saturated rings. The molecule has 0 aromatic rings. The van der Waals surface area contributed by atoms with Crippen LogP contribution in [0.15, 0.2) is 0 Å². The zero-order valence-corrected chi connectivity index (χ0v) is 12.5. The van der Waals surface area contributed by atoms with Crippen LogP contribution in [-0.4, -0.2) is 53.1 Å². The normalized spacial score (nSPS) is 11.1. The Labute approximate surface area is 113 Å². The van der Waals surface area contributed by atoms with Gasteiger partial charge in [0.15, 0.2) is 0 Å². The van der Waals surface area contributed by atoms with Crippen molar-refractivity contribution >= 4 is 23.8 Å². The monoisotopic (exact) mass is 276 g/mol. The molecule has 0 saturated carbocycles. The number of aliphatic carboxylic acids is 1. The van der Waals surface area contributed by atoms with E-state index in [1.807, 2.05) is 6.26 Å². The zero-order valence-electron chi connectivity index (χ0n) is 11.7. The van der Waals surface area contributed by atoms with Gasteiger partial charge in [0.2, 0.25) is 0 Å². The Morgan fingerprint density at radius 2 is 1.89 bits per heavy atom. The Kier molecular flexibility index (Phi) is 7.82. The van der Waals surface area contributed by atoms with Crippen LogP contribution in [0.3, 0.4) is 0 Å². The molecule has 2 N–H and O–H groups in total. The van der Waals surface area contributed by atoms with E-state index in [0.29, 0.717) is 19.4 Å². The number of carbonyl (C=O) groups is 2. The van der Waals surface area contributed by atoms with Crippen LogP contribution in [0, 0.1) is 0 Å². The molecule has 0 saturated heterocycles. The molecule has 5 nitrogen and oxygen atoms in total. The lowest BCUT2D eigenvalue weighted by molar-refractivity contribution is -0.144. The van der Waals surface area contributed by atoms with Crippen molar-refractivity contribution in [1.82, 2.24) is 10.2 Å². The van der Waals surface area contributed by atoms with E-state index in [2.05, 4.69) is 5.32 Å². The number of hydrogen-bond acceptors (Lipinski definition) is 3. The fraction of sp³-hybridized carbons (Fsp3) is 0.833. The van der Waals surface area contributed by atoms with Crippen LogP contribution >= 0.6 is 11.8 Å². The Balaban J connectivity index is 4.46. The number of urea groups is 1. The number of amides is 2. The highest BCUT2D eigenvalue weighted by molar-refractivity contribution is 7.98. The average Bonchev–Trinajstić information content (AvgIpc) is 2.35. The summed E-state index contributed by atoms with van der Waals surface area (Å²) in [5, 5.41) is 11.9. The summed E-state index contributed by atoms with van der Waals surface area (Å²) < 4.78 is 0. The molecule has 0 radical (unpaired) electrons. The van der Waals surface area contributed by atoms with Crippen molar-refractivity contribution in [3.8, 4) is 0 Å². The van der Waals surface area contributed by atoms with Gasteiger partial charge in [0.1, 0.15) is 5.54 Å². The number of nitrogens with one attached hydrogen (secondary N) is 1. The van der Waals surface area contributed by atoms with Crippen LogP contribution in [0.4, 0.5) is 4.79 Å². The predicted molar refractivity (Wildman–Crippen MR) is 75.1 cm³/mol. The molecular weight excluding hydrogens is 252 g/mol. The number of nitrogens with zero attached hydrogens (tertiary/aromatic N) is 1. The van der Waals surface area contributed by atoms with Gasteiger partial charge < -0.3 is 15.3 Å². The molecule has 6 heteroatoms. The van der Waals surface area contributed by atoms with Gasteiger partial charge >= 0.3 is 12.0 Å². The second-order valence-electron chi connectivity index (χ2n) is 4.29. The van der Waals surface area contributed by atoms with Crippen molar-refractivity contribution in [1.29, 1.82) is 0 Å². The highest BCUT2D eigenvalue weighted by atomic mass is 32.2. The topological polar surface area (TPSA) is 69.6 Å². The Morgan fingerprint density at radius 3 is 2.28 bits per heavy atom. The van der Waals surface area contributed by atoms with E-state index in [-0.39, 0.29) is 6.03 Å². The SMILES string of the molecule is CCC(CC)(NC(=O)N(C)CCCSC)C(=O)O. The van der Waals surface area contributed by atoms with Gasteiger partial charge in [0.05, 0.1) is 0 Å². The van der Waals surface area contributed by atoms with Crippen LogP contribution in [0.2, 0.25) is 0 Å². The number of carboxylic acids is 1. The molecule has 0 atom stereocenters. The minimum atomic E-state index is -1.15. The first kappa shape index (κ1) is 17.1. The Bertz CT molecular complexity index is 280. The van der Waals surface area contributed by atoms with Crippen LogP contribution in [0.1, 0.15) is 33.1 Å².